The molecule has 0 bridgehead atoms. The van der Waals surface area contributed by atoms with E-state index in [-0.39, 0.29) is 54.0 Å². The third-order valence-electron chi connectivity index (χ3n) is 10.4. The average Bonchev–Trinajstić information content (AvgIpc) is 3.93. The van der Waals surface area contributed by atoms with E-state index in [9.17, 15) is 38.9 Å². The number of hydrogen-bond acceptors (Lipinski definition) is 24. The van der Waals surface area contributed by atoms with Crippen molar-refractivity contribution in [3.63, 3.8) is 0 Å². The first-order chi connectivity index (χ1) is 33.7. The van der Waals surface area contributed by atoms with Crippen LogP contribution < -0.4 is 29.9 Å². The van der Waals surface area contributed by atoms with Crippen molar-refractivity contribution >= 4 is 143 Å². The van der Waals surface area contributed by atoms with Crippen molar-refractivity contribution in [2.24, 2.45) is 20.5 Å². The summed E-state index contributed by atoms with van der Waals surface area (Å²) in [4.78, 5) is 17.3. The van der Waals surface area contributed by atoms with Gasteiger partial charge in [-0.2, -0.15) is 49.0 Å². The quantitative estimate of drug-likeness (QED) is 0.0239. The number of anilines is 6. The van der Waals surface area contributed by atoms with Crippen molar-refractivity contribution in [2.75, 3.05) is 72.3 Å². The van der Waals surface area contributed by atoms with E-state index < -0.39 is 36.1 Å². The summed E-state index contributed by atoms with van der Waals surface area (Å²) in [7, 11) is -10.4. The predicted molar refractivity (Wildman–Crippen MR) is 274 cm³/mol. The molecule has 4 aromatic carbocycles. The number of benzene rings is 4. The van der Waals surface area contributed by atoms with Gasteiger partial charge in [-0.3, -0.25) is 13.7 Å². The first-order valence-corrected chi connectivity index (χ1v) is 28.2. The molecule has 0 aliphatic carbocycles. The Morgan fingerprint density at radius 3 is 1.39 bits per heavy atom. The van der Waals surface area contributed by atoms with Gasteiger partial charge in [-0.1, -0.05) is 11.8 Å². The summed E-state index contributed by atoms with van der Waals surface area (Å²) in [5.41, 5.74) is 3.21. The molecule has 0 saturated carbocycles. The van der Waals surface area contributed by atoms with Gasteiger partial charge in [-0.25, -0.2) is 0 Å². The molecule has 0 saturated heterocycles. The van der Waals surface area contributed by atoms with Gasteiger partial charge in [-0.15, -0.1) is 20.5 Å². The minimum absolute atomic E-state index is 0.0338. The van der Waals surface area contributed by atoms with E-state index in [1.165, 1.54) is 50.6 Å². The lowest BCUT2D eigenvalue weighted by atomic mass is 10.2. The Labute approximate surface area is 420 Å². The molecule has 5 N–H and O–H groups in total. The summed E-state index contributed by atoms with van der Waals surface area (Å²) in [6.07, 6.45) is 0. The Balaban J connectivity index is 1.36. The minimum atomic E-state index is -4.54. The molecular weight excluding hydrogens is 1040 g/mol. The number of azo groups is 2. The van der Waals surface area contributed by atoms with Gasteiger partial charge < -0.3 is 29.9 Å². The van der Waals surface area contributed by atoms with E-state index in [0.717, 1.165) is 34.8 Å². The Morgan fingerprint density at radius 2 is 1.03 bits per heavy atom. The summed E-state index contributed by atoms with van der Waals surface area (Å²) in [5.74, 6) is -0.00417. The molecule has 0 unspecified atom stereocenters. The number of fused-ring (bicyclic) bond motifs is 2. The third kappa shape index (κ3) is 12.6. The van der Waals surface area contributed by atoms with Crippen LogP contribution in [0.1, 0.15) is 27.7 Å². The topological polar surface area (TPSA) is 326 Å². The van der Waals surface area contributed by atoms with Gasteiger partial charge in [-0.05, 0) is 99.3 Å². The number of nitrogens with zero attached hydrogens (tertiary/aromatic N) is 11. The monoisotopic (exact) mass is 1090 g/mol. The Bertz CT molecular complexity index is 3310. The van der Waals surface area contributed by atoms with Crippen LogP contribution in [-0.2, 0) is 30.4 Å². The minimum Gasteiger partial charge on any atom is -0.494 e. The molecule has 0 amide bonds. The SMILES string of the molecule is CCN(CC)c1cc(Nc2nc(Nc3cc(N(CC)CC)c(OC)cc3/N=N/c3snc4ccc(S(=O)(=O)O)cc34)nc(SCCS(=O)(=O)O)n2)c(/N=N/c2snc3ccc(S(=O)(=O)O)cc23)cc1OC. The first-order valence-electron chi connectivity index (χ1n) is 21.1. The standard InChI is InChI=1S/C41H45N13O11S6/c1-7-53(8-2)33-19-29(31(21-35(33)64-5)47-49-37-25-17-23(70(58,59)60)11-13-27(25)51-67-37)42-39-44-40(46-41(45-39)66-15-16-69(55,56)57)43-30-20-34(54(9-3)10-4)36(65-6)22-32(30)48-50-38-26-18-24(71(61,62)63)12-14-28(26)52-68-38/h11-14,17-22H,7-10,15-16H2,1-6H3,(H,55,56,57)(H,58,59,60)(H,61,62,63)(H2,42,43,44,45,46)/b49-47+,50-48+. The number of rotatable bonds is 22. The highest BCUT2D eigenvalue weighted by Crippen LogP contribution is 2.44. The van der Waals surface area contributed by atoms with Crippen molar-refractivity contribution in [1.82, 2.24) is 23.7 Å². The fourth-order valence-corrected chi connectivity index (χ4v) is 11.0. The highest BCUT2D eigenvalue weighted by molar-refractivity contribution is 8.00. The number of aromatic nitrogens is 5. The maximum absolute atomic E-state index is 12.0. The normalized spacial score (nSPS) is 12.4. The molecule has 0 fully saturated rings. The van der Waals surface area contributed by atoms with Gasteiger partial charge >= 0.3 is 0 Å². The molecule has 376 valence electrons. The molecule has 0 aliphatic rings. The largest absolute Gasteiger partial charge is 0.494 e. The highest BCUT2D eigenvalue weighted by atomic mass is 32.2. The van der Waals surface area contributed by atoms with Crippen molar-refractivity contribution in [1.29, 1.82) is 0 Å². The molecule has 71 heavy (non-hydrogen) atoms. The molecule has 3 heterocycles. The molecule has 3 aromatic heterocycles. The van der Waals surface area contributed by atoms with Crippen LogP contribution in [0.3, 0.4) is 0 Å². The van der Waals surface area contributed by atoms with Crippen LogP contribution in [0.4, 0.5) is 56.0 Å². The molecule has 7 aromatic rings. The second kappa shape index (κ2) is 22.0. The van der Waals surface area contributed by atoms with E-state index in [4.69, 9.17) is 14.5 Å². The molecule has 24 nitrogen and oxygen atoms in total. The number of nitrogens with one attached hydrogen (secondary N) is 2. The zero-order chi connectivity index (χ0) is 51.3. The lowest BCUT2D eigenvalue weighted by Gasteiger charge is -2.25. The van der Waals surface area contributed by atoms with Crippen LogP contribution in [0.2, 0.25) is 0 Å². The zero-order valence-electron chi connectivity index (χ0n) is 38.5. The van der Waals surface area contributed by atoms with Gasteiger partial charge in [0.25, 0.3) is 30.4 Å². The fraction of sp³-hybridized carbons (Fsp3) is 0.293. The van der Waals surface area contributed by atoms with Gasteiger partial charge in [0.2, 0.25) is 11.9 Å². The summed E-state index contributed by atoms with van der Waals surface area (Å²) < 4.78 is 121. The number of methoxy groups -OCH3 is 2. The molecule has 0 spiro atoms. The maximum Gasteiger partial charge on any atom is 0.294 e. The van der Waals surface area contributed by atoms with Crippen LogP contribution in [0.25, 0.3) is 21.8 Å². The molecule has 0 atom stereocenters. The third-order valence-corrected chi connectivity index (χ3v) is 15.5. The number of thioether (sulfide) groups is 1. The molecule has 7 rings (SSSR count). The van der Waals surface area contributed by atoms with Crippen molar-refractivity contribution in [2.45, 2.75) is 42.6 Å². The first kappa shape index (κ1) is 52.6. The Hall–Kier alpha value is -6.25. The fourth-order valence-electron chi connectivity index (χ4n) is 6.92. The van der Waals surface area contributed by atoms with Crippen LogP contribution in [0.5, 0.6) is 11.5 Å². The lowest BCUT2D eigenvalue weighted by molar-refractivity contribution is 0.414. The zero-order valence-corrected chi connectivity index (χ0v) is 43.4. The van der Waals surface area contributed by atoms with E-state index in [2.05, 4.69) is 49.8 Å². The van der Waals surface area contributed by atoms with Gasteiger partial charge in [0.05, 0.1) is 63.5 Å². The summed E-state index contributed by atoms with van der Waals surface area (Å²) >= 11 is 2.83. The number of hydrogen-bond donors (Lipinski definition) is 5. The summed E-state index contributed by atoms with van der Waals surface area (Å²) in [6, 6.07) is 14.6. The second-order valence-corrected chi connectivity index (χ2v) is 21.7. The van der Waals surface area contributed by atoms with E-state index in [1.54, 1.807) is 24.3 Å². The molecule has 0 radical (unpaired) electrons. The van der Waals surface area contributed by atoms with E-state index >= 15 is 0 Å². The second-order valence-electron chi connectivity index (χ2n) is 14.8. The predicted octanol–water partition coefficient (Wildman–Crippen LogP) is 9.59. The number of ether oxygens (including phenoxy) is 2. The molecular formula is C41H45N13O11S6. The maximum atomic E-state index is 12.0. The highest BCUT2D eigenvalue weighted by Gasteiger charge is 2.22. The summed E-state index contributed by atoms with van der Waals surface area (Å²) in [5, 5.41) is 25.5. The van der Waals surface area contributed by atoms with Gasteiger partial charge in [0.15, 0.2) is 15.2 Å². The van der Waals surface area contributed by atoms with E-state index in [1.807, 2.05) is 37.5 Å². The summed E-state index contributed by atoms with van der Waals surface area (Å²) in [6.45, 7) is 10.2. The smallest absolute Gasteiger partial charge is 0.294 e. The van der Waals surface area contributed by atoms with E-state index in [0.29, 0.717) is 82.2 Å². The average molecular weight is 1090 g/mol. The van der Waals surface area contributed by atoms with Crippen LogP contribution in [-0.4, -0.2) is 115 Å². The van der Waals surface area contributed by atoms with Gasteiger partial charge in [0, 0.05) is 54.8 Å². The Kier molecular flexibility index (Phi) is 16.3. The molecule has 0 aliphatic heterocycles. The van der Waals surface area contributed by atoms with Gasteiger partial charge in [0.1, 0.15) is 22.9 Å². The van der Waals surface area contributed by atoms with Crippen LogP contribution in [0, 0.1) is 0 Å². The van der Waals surface area contributed by atoms with Crippen molar-refractivity contribution in [3.05, 3.63) is 60.7 Å². The lowest BCUT2D eigenvalue weighted by Crippen LogP contribution is -2.22. The molecule has 30 heteroatoms. The van der Waals surface area contributed by atoms with Crippen LogP contribution >= 0.6 is 34.8 Å². The van der Waals surface area contributed by atoms with Crippen molar-refractivity contribution < 1.29 is 48.4 Å². The van der Waals surface area contributed by atoms with Crippen LogP contribution in [0.15, 0.2) is 96.1 Å². The Morgan fingerprint density at radius 1 is 0.606 bits per heavy atom. The van der Waals surface area contributed by atoms with Crippen molar-refractivity contribution in [3.8, 4) is 11.5 Å².